The number of rotatable bonds is 2. The summed E-state index contributed by atoms with van der Waals surface area (Å²) in [6.45, 7) is 33.4. The fraction of sp³-hybridized carbons (Fsp3) is 0.500. The molecule has 0 fully saturated rings. The SMILES string of the molecule is CC(N)CN.CC(N)CN.[C-]#N.[C-]#N.[C-]#N.[C-]#N.[C-]#N.[C-]#N.[Cu+2].[Cu+].[Cu+].[Ni+2]. The van der Waals surface area contributed by atoms with Crippen LogP contribution in [-0.4, -0.2) is 25.2 Å². The molecule has 1 radical (unpaired) electrons. The zero-order valence-corrected chi connectivity index (χ0v) is 17.6. The number of nitrogens with zero attached hydrogens (tertiary/aromatic N) is 6. The molecule has 2 unspecified atom stereocenters. The molecule has 0 saturated heterocycles. The van der Waals surface area contributed by atoms with Gasteiger partial charge in [-0.25, -0.2) is 0 Å². The van der Waals surface area contributed by atoms with E-state index >= 15 is 0 Å². The van der Waals surface area contributed by atoms with E-state index in [9.17, 15) is 0 Å². The summed E-state index contributed by atoms with van der Waals surface area (Å²) in [5.74, 6) is 0. The van der Waals surface area contributed by atoms with Gasteiger partial charge in [-0.2, -0.15) is 0 Å². The van der Waals surface area contributed by atoms with Crippen LogP contribution in [0.3, 0.4) is 0 Å². The largest absolute Gasteiger partial charge is 2.00 e. The van der Waals surface area contributed by atoms with E-state index < -0.39 is 0 Å². The van der Waals surface area contributed by atoms with Gasteiger partial charge in [0, 0.05) is 25.2 Å². The van der Waals surface area contributed by atoms with Gasteiger partial charge in [0.1, 0.15) is 0 Å². The molecule has 8 N–H and O–H groups in total. The second kappa shape index (κ2) is 266. The van der Waals surface area contributed by atoms with Crippen molar-refractivity contribution in [2.45, 2.75) is 25.9 Å². The van der Waals surface area contributed by atoms with Crippen molar-refractivity contribution < 1.29 is 67.7 Å². The van der Waals surface area contributed by atoms with Gasteiger partial charge in [-0.1, -0.05) is 0 Å². The summed E-state index contributed by atoms with van der Waals surface area (Å²) in [6.07, 6.45) is 0. The first-order valence-electron chi connectivity index (χ1n) is 4.80. The van der Waals surface area contributed by atoms with Crippen LogP contribution >= 0.6 is 0 Å². The van der Waals surface area contributed by atoms with E-state index in [0.29, 0.717) is 13.1 Å². The molecule has 0 saturated carbocycles. The van der Waals surface area contributed by atoms with Crippen molar-refractivity contribution in [2.75, 3.05) is 13.1 Å². The van der Waals surface area contributed by atoms with Gasteiger partial charge in [0.05, 0.1) is 0 Å². The topological polar surface area (TPSA) is 247 Å². The van der Waals surface area contributed by atoms with Crippen molar-refractivity contribution in [1.82, 2.24) is 0 Å². The van der Waals surface area contributed by atoms with Crippen LogP contribution in [0, 0.1) is 71.0 Å². The van der Waals surface area contributed by atoms with E-state index in [1.165, 1.54) is 0 Å². The average Bonchev–Trinajstić information content (AvgIpc) is 2.65. The van der Waals surface area contributed by atoms with E-state index in [0.717, 1.165) is 0 Å². The maximum Gasteiger partial charge on any atom is 2.00 e. The Hall–Kier alpha value is -1.17. The molecule has 0 amide bonds. The van der Waals surface area contributed by atoms with Gasteiger partial charge in [-0.3, -0.25) is 0 Å². The number of hydrogen-bond donors (Lipinski definition) is 4. The first-order valence-corrected chi connectivity index (χ1v) is 4.80. The fourth-order valence-electron chi connectivity index (χ4n) is 0. The first kappa shape index (κ1) is 85.7. The van der Waals surface area contributed by atoms with Crippen molar-refractivity contribution in [3.8, 4) is 0 Å². The molecule has 14 heteroatoms. The molecule has 0 aliphatic carbocycles. The Morgan fingerprint density at radius 2 is 0.615 bits per heavy atom. The van der Waals surface area contributed by atoms with Crippen molar-refractivity contribution in [2.24, 2.45) is 22.9 Å². The standard InChI is InChI=1S/2C3H10N2.6CN.3Cu.Ni/c2*1-3(5)2-4;6*1-2;;;;/h2*3H,2,4-5H2,1H3;;;;;;;;;;/q;;6*-1;2*+1;2*+2. The van der Waals surface area contributed by atoms with Crippen LogP contribution in [0.15, 0.2) is 0 Å². The molecule has 0 aromatic heterocycles. The van der Waals surface area contributed by atoms with Crippen molar-refractivity contribution in [1.29, 1.82) is 31.6 Å². The van der Waals surface area contributed by atoms with Crippen LogP contribution in [-0.2, 0) is 67.7 Å². The Bertz CT molecular complexity index is 199. The van der Waals surface area contributed by atoms with Crippen molar-refractivity contribution in [3.63, 3.8) is 0 Å². The molecule has 161 valence electrons. The Morgan fingerprint density at radius 3 is 0.615 bits per heavy atom. The predicted molar refractivity (Wildman–Crippen MR) is 75.2 cm³/mol. The van der Waals surface area contributed by atoms with Gasteiger partial charge in [-0.05, 0) is 13.8 Å². The minimum absolute atomic E-state index is 0. The normalized spacial score (nSPS) is 6.23. The predicted octanol–water partition coefficient (Wildman–Crippen LogP) is -0.847. The smallest absolute Gasteiger partial charge is 0.512 e. The summed E-state index contributed by atoms with van der Waals surface area (Å²) in [6, 6.07) is 0.324. The number of hydrogen-bond acceptors (Lipinski definition) is 10. The second-order valence-corrected chi connectivity index (χ2v) is 2.43. The molecule has 26 heavy (non-hydrogen) atoms. The van der Waals surface area contributed by atoms with Gasteiger partial charge in [0.2, 0.25) is 0 Å². The van der Waals surface area contributed by atoms with E-state index in [1.807, 2.05) is 13.8 Å². The summed E-state index contributed by atoms with van der Waals surface area (Å²) in [5.41, 5.74) is 20.4. The van der Waals surface area contributed by atoms with Crippen LogP contribution in [0.25, 0.3) is 0 Å². The minimum atomic E-state index is 0. The summed E-state index contributed by atoms with van der Waals surface area (Å²) < 4.78 is 0. The van der Waals surface area contributed by atoms with E-state index in [2.05, 4.69) is 0 Å². The third-order valence-corrected chi connectivity index (χ3v) is 0.744. The molecule has 0 aliphatic heterocycles. The summed E-state index contributed by atoms with van der Waals surface area (Å²) in [4.78, 5) is 0. The molecule has 0 bridgehead atoms. The van der Waals surface area contributed by atoms with Crippen molar-refractivity contribution >= 4 is 0 Å². The van der Waals surface area contributed by atoms with Crippen molar-refractivity contribution in [3.05, 3.63) is 39.4 Å². The first-order chi connectivity index (χ1) is 10.5. The van der Waals surface area contributed by atoms with Gasteiger partial charge < -0.3 is 93.9 Å². The maximum atomic E-state index is 6.25. The van der Waals surface area contributed by atoms with Gasteiger partial charge in [-0.15, -0.1) is 0 Å². The molecular formula is C12H20Cu3N10Ni. The molecule has 0 rings (SSSR count). The third-order valence-electron chi connectivity index (χ3n) is 0.744. The summed E-state index contributed by atoms with van der Waals surface area (Å²) in [5, 5.41) is 37.5. The quantitative estimate of drug-likeness (QED) is 0.243. The second-order valence-electron chi connectivity index (χ2n) is 2.43. The monoisotopic (exact) mass is 551 g/mol. The van der Waals surface area contributed by atoms with Crippen LogP contribution < -0.4 is 22.9 Å². The Labute approximate surface area is 199 Å². The zero-order chi connectivity index (χ0) is 20.6. The minimum Gasteiger partial charge on any atom is -0.512 e. The van der Waals surface area contributed by atoms with E-state index in [-0.39, 0.29) is 79.8 Å². The molecule has 0 aromatic carbocycles. The van der Waals surface area contributed by atoms with Gasteiger partial charge in [0.15, 0.2) is 0 Å². The Balaban J connectivity index is -0.00000000883. The average molecular weight is 554 g/mol. The number of nitrogens with two attached hydrogens (primary N) is 4. The molecule has 10 nitrogen and oxygen atoms in total. The van der Waals surface area contributed by atoms with Crippen LogP contribution in [0.4, 0.5) is 0 Å². The summed E-state index contributed by atoms with van der Waals surface area (Å²) in [7, 11) is 0. The Kier molecular flexibility index (Phi) is 877. The van der Waals surface area contributed by atoms with Crippen LogP contribution in [0.5, 0.6) is 0 Å². The molecule has 0 heterocycles. The fourth-order valence-corrected chi connectivity index (χ4v) is 0. The van der Waals surface area contributed by atoms with Gasteiger partial charge >= 0.3 is 67.7 Å². The third kappa shape index (κ3) is 1360. The van der Waals surface area contributed by atoms with E-state index in [4.69, 9.17) is 93.9 Å². The Morgan fingerprint density at radius 1 is 0.577 bits per heavy atom. The molecular weight excluding hydrogens is 534 g/mol. The molecule has 0 spiro atoms. The van der Waals surface area contributed by atoms with Gasteiger partial charge in [0.25, 0.3) is 0 Å². The molecule has 0 aliphatic rings. The zero-order valence-electron chi connectivity index (χ0n) is 13.8. The van der Waals surface area contributed by atoms with Crippen LogP contribution in [0.2, 0.25) is 0 Å². The molecule has 2 atom stereocenters. The van der Waals surface area contributed by atoms with Crippen LogP contribution in [0.1, 0.15) is 13.8 Å². The van der Waals surface area contributed by atoms with E-state index in [1.54, 1.807) is 0 Å². The maximum absolute atomic E-state index is 6.25. The molecule has 0 aromatic rings. The summed E-state index contributed by atoms with van der Waals surface area (Å²) >= 11 is 0.